The fourth-order valence-electron chi connectivity index (χ4n) is 4.76. The minimum atomic E-state index is 0.0766. The average Bonchev–Trinajstić information content (AvgIpc) is 3.68. The molecule has 1 aliphatic heterocycles. The van der Waals surface area contributed by atoms with E-state index >= 15 is 0 Å². The Bertz CT molecular complexity index is 1320. The van der Waals surface area contributed by atoms with Crippen LogP contribution in [0.3, 0.4) is 0 Å². The fraction of sp³-hybridized carbons (Fsp3) is 0.296. The highest BCUT2D eigenvalue weighted by atomic mass is 35.5. The number of hydrogen-bond donors (Lipinski definition) is 0. The van der Waals surface area contributed by atoms with Crippen LogP contribution in [0, 0.1) is 0 Å². The van der Waals surface area contributed by atoms with Crippen molar-refractivity contribution in [2.24, 2.45) is 0 Å². The Morgan fingerprint density at radius 2 is 1.68 bits per heavy atom. The third kappa shape index (κ3) is 4.19. The van der Waals surface area contributed by atoms with E-state index in [0.717, 1.165) is 41.6 Å². The molecule has 1 amide bonds. The molecule has 172 valence electrons. The van der Waals surface area contributed by atoms with Gasteiger partial charge in [0.05, 0.1) is 11.4 Å². The summed E-state index contributed by atoms with van der Waals surface area (Å²) in [6.07, 6.45) is 8.16. The molecular formula is C27H26ClN5O. The van der Waals surface area contributed by atoms with Crippen molar-refractivity contribution in [2.45, 2.75) is 25.3 Å². The summed E-state index contributed by atoms with van der Waals surface area (Å²) in [5, 5.41) is 0.722. The maximum Gasteiger partial charge on any atom is 0.254 e. The van der Waals surface area contributed by atoms with E-state index in [-0.39, 0.29) is 5.91 Å². The lowest BCUT2D eigenvalue weighted by Gasteiger charge is -2.34. The number of aromatic nitrogens is 3. The van der Waals surface area contributed by atoms with Gasteiger partial charge in [0.1, 0.15) is 5.65 Å². The van der Waals surface area contributed by atoms with Crippen molar-refractivity contribution in [3.8, 4) is 11.3 Å². The summed E-state index contributed by atoms with van der Waals surface area (Å²) in [7, 11) is 0. The van der Waals surface area contributed by atoms with E-state index in [1.165, 1.54) is 24.1 Å². The first kappa shape index (κ1) is 21.3. The Kier molecular flexibility index (Phi) is 5.55. The number of fused-ring (bicyclic) bond motifs is 1. The molecule has 0 spiro atoms. The van der Waals surface area contributed by atoms with Crippen LogP contribution in [0.15, 0.2) is 67.1 Å². The Labute approximate surface area is 203 Å². The van der Waals surface area contributed by atoms with Gasteiger partial charge in [-0.2, -0.15) is 0 Å². The summed E-state index contributed by atoms with van der Waals surface area (Å²) < 4.78 is 2.27. The lowest BCUT2D eigenvalue weighted by atomic mass is 10.1. The minimum absolute atomic E-state index is 0.0766. The molecule has 6 rings (SSSR count). The summed E-state index contributed by atoms with van der Waals surface area (Å²) in [5.41, 5.74) is 6.32. The average molecular weight is 472 g/mol. The molecule has 4 aromatic rings. The number of carbonyl (C=O) groups is 1. The van der Waals surface area contributed by atoms with Gasteiger partial charge in [0.2, 0.25) is 0 Å². The number of amides is 1. The molecule has 3 aromatic heterocycles. The number of carbonyl (C=O) groups excluding carboxylic acids is 1. The van der Waals surface area contributed by atoms with E-state index in [4.69, 9.17) is 16.6 Å². The minimum Gasteiger partial charge on any atom is -0.336 e. The van der Waals surface area contributed by atoms with Crippen molar-refractivity contribution >= 4 is 23.2 Å². The Morgan fingerprint density at radius 1 is 0.941 bits per heavy atom. The molecule has 2 fully saturated rings. The first-order chi connectivity index (χ1) is 16.7. The molecule has 0 N–H and O–H groups in total. The van der Waals surface area contributed by atoms with E-state index < -0.39 is 0 Å². The number of imidazole rings is 1. The molecule has 0 atom stereocenters. The van der Waals surface area contributed by atoms with Crippen LogP contribution in [0.1, 0.15) is 40.4 Å². The maximum atomic E-state index is 12.8. The van der Waals surface area contributed by atoms with Crippen molar-refractivity contribution in [2.75, 3.05) is 26.2 Å². The SMILES string of the molecule is O=C(c1ccncc1)N1CCN(Cc2c(-c3ccc(Cl)cc3)nc3ccc(C4CC4)cn23)CC1. The van der Waals surface area contributed by atoms with Crippen molar-refractivity contribution in [3.63, 3.8) is 0 Å². The second-order valence-electron chi connectivity index (χ2n) is 9.18. The van der Waals surface area contributed by atoms with Crippen LogP contribution in [0.4, 0.5) is 0 Å². The van der Waals surface area contributed by atoms with Crippen LogP contribution in [0.5, 0.6) is 0 Å². The zero-order valence-corrected chi connectivity index (χ0v) is 19.7. The molecule has 7 heteroatoms. The molecule has 1 aromatic carbocycles. The van der Waals surface area contributed by atoms with Crippen LogP contribution < -0.4 is 0 Å². The topological polar surface area (TPSA) is 53.7 Å². The van der Waals surface area contributed by atoms with Gasteiger partial charge in [-0.25, -0.2) is 4.98 Å². The summed E-state index contributed by atoms with van der Waals surface area (Å²) in [5.74, 6) is 0.758. The lowest BCUT2D eigenvalue weighted by molar-refractivity contribution is 0.0627. The second kappa shape index (κ2) is 8.85. The van der Waals surface area contributed by atoms with Gasteiger partial charge in [0.15, 0.2) is 0 Å². The number of rotatable bonds is 5. The highest BCUT2D eigenvalue weighted by molar-refractivity contribution is 6.30. The number of benzene rings is 1. The van der Waals surface area contributed by atoms with Crippen molar-refractivity contribution in [1.29, 1.82) is 0 Å². The van der Waals surface area contributed by atoms with E-state index in [9.17, 15) is 4.79 Å². The van der Waals surface area contributed by atoms with Gasteiger partial charge in [-0.15, -0.1) is 0 Å². The van der Waals surface area contributed by atoms with Crippen molar-refractivity contribution in [1.82, 2.24) is 24.2 Å². The highest BCUT2D eigenvalue weighted by Gasteiger charge is 2.27. The van der Waals surface area contributed by atoms with Gasteiger partial charge in [0.25, 0.3) is 5.91 Å². The quantitative estimate of drug-likeness (QED) is 0.416. The summed E-state index contributed by atoms with van der Waals surface area (Å²) >= 11 is 6.15. The largest absolute Gasteiger partial charge is 0.336 e. The van der Waals surface area contributed by atoms with Crippen LogP contribution >= 0.6 is 11.6 Å². The van der Waals surface area contributed by atoms with Crippen molar-refractivity contribution in [3.05, 3.63) is 89.0 Å². The number of halogens is 1. The number of pyridine rings is 2. The molecule has 0 radical (unpaired) electrons. The van der Waals surface area contributed by atoms with E-state index in [1.807, 2.05) is 29.2 Å². The zero-order valence-electron chi connectivity index (χ0n) is 18.9. The molecule has 34 heavy (non-hydrogen) atoms. The van der Waals surface area contributed by atoms with E-state index in [2.05, 4.69) is 32.6 Å². The van der Waals surface area contributed by atoms with Crippen LogP contribution in [0.25, 0.3) is 16.9 Å². The number of nitrogens with zero attached hydrogens (tertiary/aromatic N) is 5. The second-order valence-corrected chi connectivity index (χ2v) is 9.62. The predicted octanol–water partition coefficient (Wildman–Crippen LogP) is 4.89. The molecule has 1 saturated carbocycles. The predicted molar refractivity (Wildman–Crippen MR) is 133 cm³/mol. The van der Waals surface area contributed by atoms with Gasteiger partial charge in [-0.1, -0.05) is 29.8 Å². The molecule has 6 nitrogen and oxygen atoms in total. The monoisotopic (exact) mass is 471 g/mol. The number of hydrogen-bond acceptors (Lipinski definition) is 4. The van der Waals surface area contributed by atoms with Gasteiger partial charge in [-0.3, -0.25) is 14.7 Å². The molecule has 1 saturated heterocycles. The summed E-state index contributed by atoms with van der Waals surface area (Å²) in [6.45, 7) is 3.85. The lowest BCUT2D eigenvalue weighted by Crippen LogP contribution is -2.48. The zero-order chi connectivity index (χ0) is 23.1. The maximum absolute atomic E-state index is 12.8. The third-order valence-electron chi connectivity index (χ3n) is 6.87. The normalized spacial score (nSPS) is 16.8. The van der Waals surface area contributed by atoms with Gasteiger partial charge in [-0.05, 0) is 54.7 Å². The number of piperazine rings is 1. The van der Waals surface area contributed by atoms with Crippen LogP contribution in [0.2, 0.25) is 5.02 Å². The van der Waals surface area contributed by atoms with Gasteiger partial charge >= 0.3 is 0 Å². The third-order valence-corrected chi connectivity index (χ3v) is 7.12. The molecule has 2 aliphatic rings. The summed E-state index contributed by atoms with van der Waals surface area (Å²) in [6, 6.07) is 15.8. The molecule has 1 aliphatic carbocycles. The first-order valence-electron chi connectivity index (χ1n) is 11.8. The molecule has 4 heterocycles. The Balaban J connectivity index is 1.27. The van der Waals surface area contributed by atoms with Crippen molar-refractivity contribution < 1.29 is 4.79 Å². The highest BCUT2D eigenvalue weighted by Crippen LogP contribution is 2.40. The van der Waals surface area contributed by atoms with E-state index in [0.29, 0.717) is 24.6 Å². The smallest absolute Gasteiger partial charge is 0.254 e. The van der Waals surface area contributed by atoms with Gasteiger partial charge < -0.3 is 9.30 Å². The van der Waals surface area contributed by atoms with Crippen LogP contribution in [-0.4, -0.2) is 56.3 Å². The fourth-order valence-corrected chi connectivity index (χ4v) is 4.88. The molecule has 0 bridgehead atoms. The standard InChI is InChI=1S/C27H26ClN5O/c28-23-6-3-20(4-7-23)26-24(33-17-22(19-1-2-19)5-8-25(33)30-26)18-31-13-15-32(16-14-31)27(34)21-9-11-29-12-10-21/h3-12,17,19H,1-2,13-16,18H2. The van der Waals surface area contributed by atoms with Crippen LogP contribution in [-0.2, 0) is 6.54 Å². The molecular weight excluding hydrogens is 446 g/mol. The first-order valence-corrected chi connectivity index (χ1v) is 12.2. The Morgan fingerprint density at radius 3 is 2.38 bits per heavy atom. The van der Waals surface area contributed by atoms with Gasteiger partial charge in [0, 0.05) is 67.5 Å². The van der Waals surface area contributed by atoms with E-state index in [1.54, 1.807) is 24.5 Å². The molecule has 0 unspecified atom stereocenters. The summed E-state index contributed by atoms with van der Waals surface area (Å²) in [4.78, 5) is 26.2. The Hall–Kier alpha value is -3.22.